The Kier molecular flexibility index (Phi) is 4.71. The van der Waals surface area contributed by atoms with E-state index in [0.717, 1.165) is 24.8 Å². The van der Waals surface area contributed by atoms with Gasteiger partial charge in [-0.1, -0.05) is 36.8 Å². The summed E-state index contributed by atoms with van der Waals surface area (Å²) in [5.74, 6) is 0.540. The predicted molar refractivity (Wildman–Crippen MR) is 86.8 cm³/mol. The molecule has 1 aliphatic rings. The molecule has 0 radical (unpaired) electrons. The van der Waals surface area contributed by atoms with Crippen LogP contribution in [0.3, 0.4) is 0 Å². The topological polar surface area (TPSA) is 90.1 Å². The molecular formula is C17H20N4O2. The van der Waals surface area contributed by atoms with Gasteiger partial charge < -0.3 is 15.8 Å². The molecule has 1 aromatic heterocycles. The molecule has 1 fully saturated rings. The number of nitrogens with one attached hydrogen (secondary N) is 1. The maximum atomic E-state index is 11.4. The third kappa shape index (κ3) is 3.97. The van der Waals surface area contributed by atoms with E-state index in [1.54, 1.807) is 12.3 Å². The highest BCUT2D eigenvalue weighted by atomic mass is 16.5. The maximum absolute atomic E-state index is 11.4. The summed E-state index contributed by atoms with van der Waals surface area (Å²) in [6.45, 7) is 0.449. The van der Waals surface area contributed by atoms with Crippen molar-refractivity contribution in [2.24, 2.45) is 11.7 Å². The predicted octanol–water partition coefficient (Wildman–Crippen LogP) is 2.12. The van der Waals surface area contributed by atoms with Gasteiger partial charge in [0.15, 0.2) is 0 Å². The quantitative estimate of drug-likeness (QED) is 0.852. The van der Waals surface area contributed by atoms with Gasteiger partial charge in [-0.2, -0.15) is 4.98 Å². The van der Waals surface area contributed by atoms with Crippen LogP contribution in [0.4, 0.5) is 5.95 Å². The molecule has 23 heavy (non-hydrogen) atoms. The average Bonchev–Trinajstić information content (AvgIpc) is 3.03. The maximum Gasteiger partial charge on any atom is 0.226 e. The smallest absolute Gasteiger partial charge is 0.226 e. The van der Waals surface area contributed by atoms with Crippen LogP contribution in [-0.4, -0.2) is 21.9 Å². The van der Waals surface area contributed by atoms with Gasteiger partial charge in [-0.3, -0.25) is 4.79 Å². The summed E-state index contributed by atoms with van der Waals surface area (Å²) in [5.41, 5.74) is 6.51. The highest BCUT2D eigenvalue weighted by Crippen LogP contribution is 2.27. The summed E-state index contributed by atoms with van der Waals surface area (Å²) in [6, 6.07) is 11.6. The highest BCUT2D eigenvalue weighted by molar-refractivity contribution is 5.78. The van der Waals surface area contributed by atoms with Crippen molar-refractivity contribution in [1.82, 2.24) is 9.97 Å². The number of primary amides is 1. The van der Waals surface area contributed by atoms with Crippen molar-refractivity contribution >= 4 is 11.9 Å². The second-order valence-electron chi connectivity index (χ2n) is 5.68. The number of nitrogens with zero attached hydrogens (tertiary/aromatic N) is 2. The summed E-state index contributed by atoms with van der Waals surface area (Å²) >= 11 is 0. The van der Waals surface area contributed by atoms with E-state index in [1.165, 1.54) is 0 Å². The van der Waals surface area contributed by atoms with Crippen LogP contribution >= 0.6 is 0 Å². The van der Waals surface area contributed by atoms with Crippen molar-refractivity contribution in [3.63, 3.8) is 0 Å². The fourth-order valence-electron chi connectivity index (χ4n) is 2.86. The lowest BCUT2D eigenvalue weighted by atomic mass is 10.0. The number of amides is 1. The molecule has 2 aromatic rings. The van der Waals surface area contributed by atoms with Gasteiger partial charge in [0.2, 0.25) is 17.7 Å². The zero-order valence-electron chi connectivity index (χ0n) is 12.8. The first-order valence-corrected chi connectivity index (χ1v) is 7.78. The number of carbonyl (C=O) groups is 1. The molecule has 3 N–H and O–H groups in total. The summed E-state index contributed by atoms with van der Waals surface area (Å²) in [5, 5.41) is 3.21. The largest absolute Gasteiger partial charge is 0.473 e. The van der Waals surface area contributed by atoms with Crippen LogP contribution in [0.5, 0.6) is 5.88 Å². The van der Waals surface area contributed by atoms with Gasteiger partial charge in [0.25, 0.3) is 0 Å². The minimum Gasteiger partial charge on any atom is -0.473 e. The van der Waals surface area contributed by atoms with Crippen LogP contribution in [0.25, 0.3) is 0 Å². The fourth-order valence-corrected chi connectivity index (χ4v) is 2.86. The van der Waals surface area contributed by atoms with Crippen LogP contribution < -0.4 is 15.8 Å². The third-order valence-corrected chi connectivity index (χ3v) is 4.06. The molecule has 0 aliphatic heterocycles. The van der Waals surface area contributed by atoms with E-state index in [-0.39, 0.29) is 17.9 Å². The van der Waals surface area contributed by atoms with Gasteiger partial charge in [-0.05, 0) is 18.4 Å². The van der Waals surface area contributed by atoms with E-state index in [4.69, 9.17) is 10.5 Å². The molecule has 2 atom stereocenters. The molecule has 0 bridgehead atoms. The van der Waals surface area contributed by atoms with Crippen LogP contribution in [0.15, 0.2) is 42.6 Å². The number of nitrogens with two attached hydrogens (primary N) is 1. The number of carbonyl (C=O) groups excluding carboxylic acids is 1. The van der Waals surface area contributed by atoms with Crippen LogP contribution in [-0.2, 0) is 11.4 Å². The Bertz CT molecular complexity index is 663. The van der Waals surface area contributed by atoms with Gasteiger partial charge in [0.1, 0.15) is 6.61 Å². The average molecular weight is 312 g/mol. The molecule has 0 saturated heterocycles. The van der Waals surface area contributed by atoms with Crippen molar-refractivity contribution in [3.05, 3.63) is 48.2 Å². The van der Waals surface area contributed by atoms with E-state index < -0.39 is 0 Å². The van der Waals surface area contributed by atoms with Crippen molar-refractivity contribution in [1.29, 1.82) is 0 Å². The number of anilines is 1. The van der Waals surface area contributed by atoms with Crippen molar-refractivity contribution < 1.29 is 9.53 Å². The Hall–Kier alpha value is -2.63. The molecule has 6 heteroatoms. The van der Waals surface area contributed by atoms with Gasteiger partial charge in [-0.15, -0.1) is 0 Å². The lowest BCUT2D eigenvalue weighted by Crippen LogP contribution is -2.34. The summed E-state index contributed by atoms with van der Waals surface area (Å²) in [6.07, 6.45) is 4.34. The van der Waals surface area contributed by atoms with Crippen molar-refractivity contribution in [3.8, 4) is 5.88 Å². The first kappa shape index (κ1) is 15.3. The number of hydrogen-bond donors (Lipinski definition) is 2. The zero-order chi connectivity index (χ0) is 16.1. The molecule has 1 aliphatic carbocycles. The van der Waals surface area contributed by atoms with Gasteiger partial charge in [-0.25, -0.2) is 4.98 Å². The van der Waals surface area contributed by atoms with E-state index >= 15 is 0 Å². The molecule has 2 unspecified atom stereocenters. The monoisotopic (exact) mass is 312 g/mol. The van der Waals surface area contributed by atoms with Crippen molar-refractivity contribution in [2.45, 2.75) is 31.9 Å². The number of hydrogen-bond acceptors (Lipinski definition) is 5. The van der Waals surface area contributed by atoms with Gasteiger partial charge >= 0.3 is 0 Å². The van der Waals surface area contributed by atoms with Crippen molar-refractivity contribution in [2.75, 3.05) is 5.32 Å². The Balaban J connectivity index is 1.62. The standard InChI is InChI=1S/C17H20N4O2/c18-16(22)13-7-4-8-14(13)20-17-19-10-9-15(21-17)23-11-12-5-2-1-3-6-12/h1-3,5-6,9-10,13-14H,4,7-8,11H2,(H2,18,22)(H,19,20,21). The number of rotatable bonds is 6. The Morgan fingerprint density at radius 1 is 1.26 bits per heavy atom. The molecule has 1 saturated carbocycles. The second-order valence-corrected chi connectivity index (χ2v) is 5.68. The molecule has 1 aromatic carbocycles. The molecule has 6 nitrogen and oxygen atoms in total. The van der Waals surface area contributed by atoms with E-state index in [9.17, 15) is 4.79 Å². The van der Waals surface area contributed by atoms with E-state index in [1.807, 2.05) is 30.3 Å². The Morgan fingerprint density at radius 3 is 2.87 bits per heavy atom. The summed E-state index contributed by atoms with van der Waals surface area (Å²) in [7, 11) is 0. The minimum atomic E-state index is -0.267. The molecule has 120 valence electrons. The minimum absolute atomic E-state index is 0.00290. The normalized spacial score (nSPS) is 20.2. The third-order valence-electron chi connectivity index (χ3n) is 4.06. The summed E-state index contributed by atoms with van der Waals surface area (Å²) < 4.78 is 5.69. The van der Waals surface area contributed by atoms with Gasteiger partial charge in [0.05, 0.1) is 5.92 Å². The zero-order valence-corrected chi connectivity index (χ0v) is 12.8. The first-order chi connectivity index (χ1) is 11.2. The lowest BCUT2D eigenvalue weighted by Gasteiger charge is -2.18. The Morgan fingerprint density at radius 2 is 2.09 bits per heavy atom. The molecule has 1 heterocycles. The van der Waals surface area contributed by atoms with Crippen LogP contribution in [0.1, 0.15) is 24.8 Å². The summed E-state index contributed by atoms with van der Waals surface area (Å²) in [4.78, 5) is 20.0. The highest BCUT2D eigenvalue weighted by Gasteiger charge is 2.31. The Labute approximate surface area is 135 Å². The lowest BCUT2D eigenvalue weighted by molar-refractivity contribution is -0.121. The number of aromatic nitrogens is 2. The van der Waals surface area contributed by atoms with Crippen LogP contribution in [0, 0.1) is 5.92 Å². The number of ether oxygens (including phenoxy) is 1. The fraction of sp³-hybridized carbons (Fsp3) is 0.353. The SMILES string of the molecule is NC(=O)C1CCCC1Nc1nccc(OCc2ccccc2)n1. The number of benzene rings is 1. The molecule has 1 amide bonds. The van der Waals surface area contributed by atoms with Gasteiger partial charge in [0, 0.05) is 18.3 Å². The second kappa shape index (κ2) is 7.09. The van der Waals surface area contributed by atoms with Crippen LogP contribution in [0.2, 0.25) is 0 Å². The van der Waals surface area contributed by atoms with E-state index in [2.05, 4.69) is 15.3 Å². The molecule has 0 spiro atoms. The first-order valence-electron chi connectivity index (χ1n) is 7.78. The molecular weight excluding hydrogens is 292 g/mol. The van der Waals surface area contributed by atoms with E-state index in [0.29, 0.717) is 18.4 Å². The molecule has 3 rings (SSSR count).